The van der Waals surface area contributed by atoms with Crippen molar-refractivity contribution in [1.29, 1.82) is 0 Å². The van der Waals surface area contributed by atoms with Crippen LogP contribution in [0.5, 0.6) is 0 Å². The number of allylic oxidation sites excluding steroid dienone is 1. The van der Waals surface area contributed by atoms with Crippen molar-refractivity contribution in [3.8, 4) is 0 Å². The molecule has 0 aliphatic carbocycles. The Balaban J connectivity index is 1.74. The van der Waals surface area contributed by atoms with E-state index in [0.29, 0.717) is 11.3 Å². The highest BCUT2D eigenvalue weighted by Gasteiger charge is 2.12. The Morgan fingerprint density at radius 2 is 2.22 bits per heavy atom. The molecule has 0 spiro atoms. The Morgan fingerprint density at radius 3 is 2.96 bits per heavy atom. The van der Waals surface area contributed by atoms with E-state index in [-0.39, 0.29) is 23.2 Å². The Hall–Kier alpha value is -2.87. The number of benzene rings is 1. The number of aliphatic hydroxyl groups excluding tert-OH is 1. The van der Waals surface area contributed by atoms with Gasteiger partial charge in [-0.2, -0.15) is 5.21 Å². The first-order valence-corrected chi connectivity index (χ1v) is 7.50. The Bertz CT molecular complexity index is 858. The monoisotopic (exact) mass is 330 g/mol. The molecule has 0 saturated heterocycles. The molecule has 0 amide bonds. The fourth-order valence-corrected chi connectivity index (χ4v) is 2.83. The van der Waals surface area contributed by atoms with Gasteiger partial charge in [-0.1, -0.05) is 12.1 Å². The summed E-state index contributed by atoms with van der Waals surface area (Å²) >= 11 is 1.26. The summed E-state index contributed by atoms with van der Waals surface area (Å²) in [4.78, 5) is 12.6. The molecule has 8 heteroatoms. The Labute approximate surface area is 134 Å². The minimum absolute atomic E-state index is 0.0464. The van der Waals surface area contributed by atoms with Crippen molar-refractivity contribution >= 4 is 22.9 Å². The van der Waals surface area contributed by atoms with E-state index in [9.17, 15) is 14.3 Å². The van der Waals surface area contributed by atoms with Crippen molar-refractivity contribution in [2.24, 2.45) is 0 Å². The van der Waals surface area contributed by atoms with Crippen LogP contribution < -0.4 is 0 Å². The number of carbonyl (C=O) groups is 1. The molecule has 2 aromatic heterocycles. The van der Waals surface area contributed by atoms with Crippen LogP contribution in [0.15, 0.2) is 41.8 Å². The lowest BCUT2D eigenvalue weighted by Gasteiger charge is -1.98. The zero-order valence-corrected chi connectivity index (χ0v) is 12.5. The van der Waals surface area contributed by atoms with E-state index < -0.39 is 0 Å². The van der Waals surface area contributed by atoms with Gasteiger partial charge in [-0.15, -0.1) is 21.5 Å². The zero-order chi connectivity index (χ0) is 16.2. The molecule has 2 heterocycles. The number of aromatic nitrogens is 4. The molecule has 0 aliphatic rings. The van der Waals surface area contributed by atoms with Crippen molar-refractivity contribution in [2.75, 3.05) is 0 Å². The smallest absolute Gasteiger partial charge is 0.239 e. The molecule has 0 fully saturated rings. The number of hydrogen-bond donors (Lipinski definition) is 2. The minimum atomic E-state index is -0.359. The molecule has 23 heavy (non-hydrogen) atoms. The second-order valence-electron chi connectivity index (χ2n) is 4.76. The average Bonchev–Trinajstić information content (AvgIpc) is 3.18. The van der Waals surface area contributed by atoms with Gasteiger partial charge in [0.2, 0.25) is 5.82 Å². The first-order valence-electron chi connectivity index (χ1n) is 6.62. The van der Waals surface area contributed by atoms with Gasteiger partial charge in [0.1, 0.15) is 5.82 Å². The van der Waals surface area contributed by atoms with E-state index in [0.717, 1.165) is 17.2 Å². The number of halogens is 1. The van der Waals surface area contributed by atoms with E-state index >= 15 is 0 Å². The van der Waals surface area contributed by atoms with E-state index in [1.165, 1.54) is 23.5 Å². The molecule has 0 radical (unpaired) electrons. The van der Waals surface area contributed by atoms with Gasteiger partial charge in [-0.3, -0.25) is 4.79 Å². The highest BCUT2D eigenvalue weighted by atomic mass is 32.1. The van der Waals surface area contributed by atoms with E-state index in [1.807, 2.05) is 11.4 Å². The first kappa shape index (κ1) is 15.0. The number of thiophene rings is 1. The lowest BCUT2D eigenvalue weighted by atomic mass is 10.1. The molecule has 0 aliphatic heterocycles. The number of rotatable bonds is 5. The molecule has 3 aromatic rings. The van der Waals surface area contributed by atoms with Crippen LogP contribution in [0, 0.1) is 5.82 Å². The number of nitrogens with zero attached hydrogens (tertiary/aromatic N) is 3. The van der Waals surface area contributed by atoms with Crippen LogP contribution in [0.25, 0.3) is 5.76 Å². The van der Waals surface area contributed by atoms with Crippen LogP contribution in [-0.4, -0.2) is 31.5 Å². The third kappa shape index (κ3) is 3.67. The second kappa shape index (κ2) is 6.49. The van der Waals surface area contributed by atoms with E-state index in [2.05, 4.69) is 20.6 Å². The summed E-state index contributed by atoms with van der Waals surface area (Å²) in [6.45, 7) is 0. The van der Waals surface area contributed by atoms with Gasteiger partial charge in [0, 0.05) is 6.08 Å². The van der Waals surface area contributed by atoms with Gasteiger partial charge in [-0.25, -0.2) is 4.39 Å². The molecule has 0 atom stereocenters. The van der Waals surface area contributed by atoms with E-state index in [4.69, 9.17) is 0 Å². The predicted octanol–water partition coefficient (Wildman–Crippen LogP) is 2.77. The number of ketones is 1. The van der Waals surface area contributed by atoms with Crippen molar-refractivity contribution < 1.29 is 14.3 Å². The molecule has 0 saturated carbocycles. The standard InChI is InChI=1S/C15H11FN4O2S/c16-11-3-1-2-9(5-11)4-10-6-14(23-8-10)12(21)7-13(22)15-17-19-20-18-15/h1-3,5-8,22H,4H2,(H,17,18,19,20). The average molecular weight is 330 g/mol. The quantitative estimate of drug-likeness (QED) is 0.426. The summed E-state index contributed by atoms with van der Waals surface area (Å²) in [6, 6.07) is 8.04. The number of hydrogen-bond acceptors (Lipinski definition) is 6. The molecule has 0 bridgehead atoms. The number of tetrazole rings is 1. The van der Waals surface area contributed by atoms with Gasteiger partial charge in [0.05, 0.1) is 4.88 Å². The topological polar surface area (TPSA) is 91.8 Å². The minimum Gasteiger partial charge on any atom is -0.504 e. The van der Waals surface area contributed by atoms with E-state index in [1.54, 1.807) is 12.1 Å². The Kier molecular flexibility index (Phi) is 4.24. The lowest BCUT2D eigenvalue weighted by Crippen LogP contribution is -1.95. The maximum atomic E-state index is 13.2. The molecule has 116 valence electrons. The summed E-state index contributed by atoms with van der Waals surface area (Å²) in [6.07, 6.45) is 1.57. The number of aromatic amines is 1. The SMILES string of the molecule is O=C(C=C(O)c1nn[nH]n1)c1cc(Cc2cccc(F)c2)cs1. The molecule has 3 rings (SSSR count). The normalized spacial score (nSPS) is 11.6. The maximum Gasteiger partial charge on any atom is 0.239 e. The number of H-pyrrole nitrogens is 1. The Morgan fingerprint density at radius 1 is 1.35 bits per heavy atom. The number of carbonyl (C=O) groups excluding carboxylic acids is 1. The lowest BCUT2D eigenvalue weighted by molar-refractivity contribution is 0.104. The first-order chi connectivity index (χ1) is 11.1. The van der Waals surface area contributed by atoms with Gasteiger partial charge >= 0.3 is 0 Å². The van der Waals surface area contributed by atoms with Crippen molar-refractivity contribution in [2.45, 2.75) is 6.42 Å². The number of aliphatic hydroxyl groups is 1. The van der Waals surface area contributed by atoms with Crippen LogP contribution in [-0.2, 0) is 6.42 Å². The van der Waals surface area contributed by atoms with Crippen molar-refractivity contribution in [3.63, 3.8) is 0 Å². The van der Waals surface area contributed by atoms with Crippen LogP contribution in [0.4, 0.5) is 4.39 Å². The maximum absolute atomic E-state index is 13.2. The largest absolute Gasteiger partial charge is 0.504 e. The molecule has 2 N–H and O–H groups in total. The van der Waals surface area contributed by atoms with Crippen LogP contribution in [0.1, 0.15) is 26.6 Å². The van der Waals surface area contributed by atoms with Crippen LogP contribution >= 0.6 is 11.3 Å². The van der Waals surface area contributed by atoms with Crippen molar-refractivity contribution in [1.82, 2.24) is 20.6 Å². The molecule has 6 nitrogen and oxygen atoms in total. The fourth-order valence-electron chi connectivity index (χ4n) is 2.01. The fraction of sp³-hybridized carbons (Fsp3) is 0.0667. The summed E-state index contributed by atoms with van der Waals surface area (Å²) in [5, 5.41) is 24.2. The van der Waals surface area contributed by atoms with Crippen LogP contribution in [0.3, 0.4) is 0 Å². The molecule has 1 aromatic carbocycles. The van der Waals surface area contributed by atoms with Gasteiger partial charge in [0.15, 0.2) is 11.5 Å². The third-order valence-electron chi connectivity index (χ3n) is 3.04. The summed E-state index contributed by atoms with van der Waals surface area (Å²) in [5.41, 5.74) is 1.73. The highest BCUT2D eigenvalue weighted by Crippen LogP contribution is 2.20. The zero-order valence-electron chi connectivity index (χ0n) is 11.7. The number of nitrogens with one attached hydrogen (secondary N) is 1. The third-order valence-corrected chi connectivity index (χ3v) is 4.03. The molecular weight excluding hydrogens is 319 g/mol. The molecule has 0 unspecified atom stereocenters. The predicted molar refractivity (Wildman–Crippen MR) is 82.6 cm³/mol. The summed E-state index contributed by atoms with van der Waals surface area (Å²) in [5.74, 6) is -1.05. The van der Waals surface area contributed by atoms with Crippen molar-refractivity contribution in [3.05, 3.63) is 69.4 Å². The van der Waals surface area contributed by atoms with Crippen LogP contribution in [0.2, 0.25) is 0 Å². The second-order valence-corrected chi connectivity index (χ2v) is 5.67. The molecular formula is C15H11FN4O2S. The highest BCUT2D eigenvalue weighted by molar-refractivity contribution is 7.12. The summed E-state index contributed by atoms with van der Waals surface area (Å²) in [7, 11) is 0. The van der Waals surface area contributed by atoms with Gasteiger partial charge < -0.3 is 5.11 Å². The van der Waals surface area contributed by atoms with Gasteiger partial charge in [-0.05, 0) is 46.3 Å². The summed E-state index contributed by atoms with van der Waals surface area (Å²) < 4.78 is 13.2. The van der Waals surface area contributed by atoms with Gasteiger partial charge in [0.25, 0.3) is 0 Å².